The number of pyridine rings is 1. The lowest BCUT2D eigenvalue weighted by Gasteiger charge is -2.06. The number of hydrogen-bond donors (Lipinski definition) is 0. The highest BCUT2D eigenvalue weighted by Gasteiger charge is 2.02. The van der Waals surface area contributed by atoms with Gasteiger partial charge in [-0.15, -0.1) is 0 Å². The fraction of sp³-hybridized carbons (Fsp3) is 0.227. The molecule has 0 bridgehead atoms. The van der Waals surface area contributed by atoms with Crippen molar-refractivity contribution in [3.8, 4) is 22.4 Å². The molecule has 0 radical (unpaired) electrons. The molecule has 0 spiro atoms. The lowest BCUT2D eigenvalue weighted by molar-refractivity contribution is 0.717. The van der Waals surface area contributed by atoms with Gasteiger partial charge in [-0.3, -0.25) is 4.98 Å². The maximum atomic E-state index is 4.63. The second kappa shape index (κ2) is 7.73. The Balaban J connectivity index is 1.72. The van der Waals surface area contributed by atoms with Crippen LogP contribution in [0.25, 0.3) is 22.4 Å². The van der Waals surface area contributed by atoms with Crippen molar-refractivity contribution in [1.29, 1.82) is 0 Å². The highest BCUT2D eigenvalue weighted by atomic mass is 14.7. The molecule has 0 N–H and O–H groups in total. The quantitative estimate of drug-likeness (QED) is 0.498. The molecule has 1 nitrogen and oxygen atoms in total. The van der Waals surface area contributed by atoms with E-state index < -0.39 is 0 Å². The normalized spacial score (nSPS) is 10.7. The van der Waals surface area contributed by atoms with Crippen molar-refractivity contribution in [3.63, 3.8) is 0 Å². The molecule has 0 fully saturated rings. The Labute approximate surface area is 139 Å². The van der Waals surface area contributed by atoms with E-state index in [1.54, 1.807) is 0 Å². The molecule has 0 aliphatic carbocycles. The number of hydrogen-bond acceptors (Lipinski definition) is 1. The van der Waals surface area contributed by atoms with E-state index in [9.17, 15) is 0 Å². The minimum absolute atomic E-state index is 1.03. The van der Waals surface area contributed by atoms with Gasteiger partial charge in [-0.25, -0.2) is 0 Å². The molecule has 0 unspecified atom stereocenters. The van der Waals surface area contributed by atoms with Crippen LogP contribution in [0.15, 0.2) is 72.9 Å². The van der Waals surface area contributed by atoms with Gasteiger partial charge < -0.3 is 0 Å². The fourth-order valence-corrected chi connectivity index (χ4v) is 2.79. The van der Waals surface area contributed by atoms with E-state index in [2.05, 4.69) is 72.6 Å². The van der Waals surface area contributed by atoms with Gasteiger partial charge in [0.25, 0.3) is 0 Å². The van der Waals surface area contributed by atoms with E-state index in [4.69, 9.17) is 0 Å². The summed E-state index contributed by atoms with van der Waals surface area (Å²) in [6, 6.07) is 23.5. The lowest BCUT2D eigenvalue weighted by atomic mass is 10.0. The minimum atomic E-state index is 1.03. The van der Waals surface area contributed by atoms with Crippen LogP contribution in [-0.2, 0) is 6.42 Å². The molecule has 0 aliphatic heterocycles. The number of benzene rings is 2. The number of unbranched alkanes of at least 4 members (excludes halogenated alkanes) is 2. The molecular formula is C22H23N. The van der Waals surface area contributed by atoms with Gasteiger partial charge in [-0.2, -0.15) is 0 Å². The number of aromatic nitrogens is 1. The van der Waals surface area contributed by atoms with Crippen molar-refractivity contribution < 1.29 is 0 Å². The lowest BCUT2D eigenvalue weighted by Crippen LogP contribution is -1.88. The van der Waals surface area contributed by atoms with E-state index in [0.717, 1.165) is 11.3 Å². The highest BCUT2D eigenvalue weighted by molar-refractivity contribution is 5.66. The molecule has 116 valence electrons. The smallest absolute Gasteiger partial charge is 0.0702 e. The predicted octanol–water partition coefficient (Wildman–Crippen LogP) is 6.15. The largest absolute Gasteiger partial charge is 0.256 e. The fourth-order valence-electron chi connectivity index (χ4n) is 2.79. The molecule has 2 aromatic carbocycles. The Morgan fingerprint density at radius 2 is 1.43 bits per heavy atom. The SMILES string of the molecule is CCCCCc1ccc(-c2ccc(-c3ccccc3)cn2)cc1. The summed E-state index contributed by atoms with van der Waals surface area (Å²) in [6.45, 7) is 2.24. The van der Waals surface area contributed by atoms with Crippen molar-refractivity contribution in [3.05, 3.63) is 78.5 Å². The standard InChI is InChI=1S/C22H23N/c1-2-3-5-8-18-11-13-20(14-12-18)22-16-15-21(17-23-22)19-9-6-4-7-10-19/h4,6-7,9-17H,2-3,5,8H2,1H3. The average molecular weight is 301 g/mol. The summed E-state index contributed by atoms with van der Waals surface area (Å²) < 4.78 is 0. The van der Waals surface area contributed by atoms with Crippen LogP contribution in [0, 0.1) is 0 Å². The van der Waals surface area contributed by atoms with Crippen LogP contribution in [-0.4, -0.2) is 4.98 Å². The summed E-state index contributed by atoms with van der Waals surface area (Å²) >= 11 is 0. The Bertz CT molecular complexity index is 712. The van der Waals surface area contributed by atoms with Crippen LogP contribution in [0.3, 0.4) is 0 Å². The summed E-state index contributed by atoms with van der Waals surface area (Å²) in [5.41, 5.74) is 6.00. The van der Waals surface area contributed by atoms with Crippen LogP contribution >= 0.6 is 0 Å². The summed E-state index contributed by atoms with van der Waals surface area (Å²) in [5.74, 6) is 0. The third-order valence-corrected chi connectivity index (χ3v) is 4.19. The van der Waals surface area contributed by atoms with Gasteiger partial charge >= 0.3 is 0 Å². The number of rotatable bonds is 6. The summed E-state index contributed by atoms with van der Waals surface area (Å²) in [4.78, 5) is 4.63. The third kappa shape index (κ3) is 4.07. The van der Waals surface area contributed by atoms with Crippen LogP contribution < -0.4 is 0 Å². The summed E-state index contributed by atoms with van der Waals surface area (Å²) in [5, 5.41) is 0. The molecule has 0 amide bonds. The average Bonchev–Trinajstić information content (AvgIpc) is 2.63. The first-order chi connectivity index (χ1) is 11.4. The molecule has 0 saturated carbocycles. The predicted molar refractivity (Wildman–Crippen MR) is 98.3 cm³/mol. The van der Waals surface area contributed by atoms with Crippen LogP contribution in [0.5, 0.6) is 0 Å². The van der Waals surface area contributed by atoms with Gasteiger partial charge in [0.2, 0.25) is 0 Å². The van der Waals surface area contributed by atoms with Crippen molar-refractivity contribution in [2.75, 3.05) is 0 Å². The molecule has 1 heteroatoms. The van der Waals surface area contributed by atoms with Gasteiger partial charge in [-0.05, 0) is 30.0 Å². The van der Waals surface area contributed by atoms with Crippen molar-refractivity contribution in [2.45, 2.75) is 32.6 Å². The van der Waals surface area contributed by atoms with E-state index >= 15 is 0 Å². The summed E-state index contributed by atoms with van der Waals surface area (Å²) in [7, 11) is 0. The maximum absolute atomic E-state index is 4.63. The Hall–Kier alpha value is -2.41. The molecule has 3 aromatic rings. The zero-order valence-electron chi connectivity index (χ0n) is 13.7. The van der Waals surface area contributed by atoms with E-state index in [0.29, 0.717) is 0 Å². The zero-order valence-corrected chi connectivity index (χ0v) is 13.7. The van der Waals surface area contributed by atoms with Crippen molar-refractivity contribution in [2.24, 2.45) is 0 Å². The first-order valence-corrected chi connectivity index (χ1v) is 8.47. The van der Waals surface area contributed by atoms with Crippen LogP contribution in [0.2, 0.25) is 0 Å². The Morgan fingerprint density at radius 3 is 2.09 bits per heavy atom. The Kier molecular flexibility index (Phi) is 5.21. The van der Waals surface area contributed by atoms with Crippen molar-refractivity contribution >= 4 is 0 Å². The van der Waals surface area contributed by atoms with Crippen LogP contribution in [0.4, 0.5) is 0 Å². The van der Waals surface area contributed by atoms with E-state index in [1.807, 2.05) is 12.3 Å². The first kappa shape index (κ1) is 15.5. The van der Waals surface area contributed by atoms with E-state index in [-0.39, 0.29) is 0 Å². The second-order valence-electron chi connectivity index (χ2n) is 5.95. The van der Waals surface area contributed by atoms with Gasteiger partial charge in [0.15, 0.2) is 0 Å². The van der Waals surface area contributed by atoms with Gasteiger partial charge in [-0.1, -0.05) is 80.4 Å². The molecule has 0 atom stereocenters. The maximum Gasteiger partial charge on any atom is 0.0702 e. The molecule has 3 rings (SSSR count). The van der Waals surface area contributed by atoms with Crippen molar-refractivity contribution in [1.82, 2.24) is 4.98 Å². The second-order valence-corrected chi connectivity index (χ2v) is 5.95. The first-order valence-electron chi connectivity index (χ1n) is 8.47. The van der Waals surface area contributed by atoms with E-state index in [1.165, 1.54) is 42.4 Å². The minimum Gasteiger partial charge on any atom is -0.256 e. The topological polar surface area (TPSA) is 12.9 Å². The molecule has 0 saturated heterocycles. The molecular weight excluding hydrogens is 278 g/mol. The number of nitrogens with zero attached hydrogens (tertiary/aromatic N) is 1. The van der Waals surface area contributed by atoms with Gasteiger partial charge in [0.05, 0.1) is 5.69 Å². The molecule has 0 aliphatic rings. The molecule has 23 heavy (non-hydrogen) atoms. The van der Waals surface area contributed by atoms with Gasteiger partial charge in [0.1, 0.15) is 0 Å². The highest BCUT2D eigenvalue weighted by Crippen LogP contribution is 2.23. The summed E-state index contributed by atoms with van der Waals surface area (Å²) in [6.07, 6.45) is 6.99. The monoisotopic (exact) mass is 301 g/mol. The van der Waals surface area contributed by atoms with Crippen LogP contribution in [0.1, 0.15) is 31.7 Å². The number of aryl methyl sites for hydroxylation is 1. The Morgan fingerprint density at radius 1 is 0.696 bits per heavy atom. The molecule has 1 heterocycles. The molecule has 1 aromatic heterocycles. The third-order valence-electron chi connectivity index (χ3n) is 4.19. The zero-order chi connectivity index (χ0) is 15.9. The van der Waals surface area contributed by atoms with Gasteiger partial charge in [0, 0.05) is 17.3 Å².